The molecule has 1 saturated carbocycles. The highest BCUT2D eigenvalue weighted by molar-refractivity contribution is 7.15. The summed E-state index contributed by atoms with van der Waals surface area (Å²) in [5.41, 5.74) is 1.38. The Morgan fingerprint density at radius 2 is 2.16 bits per heavy atom. The molecule has 2 aromatic rings. The van der Waals surface area contributed by atoms with Gasteiger partial charge >= 0.3 is 5.97 Å². The standard InChI is InChI=1S/C19H21NO4S/c1-22-19(21)14-7-13(8-16(9-14)24-15-5-6-23-11-15)18-20-10-17(25-18)12-3-2-4-12/h7-10,12,15H,2-6,11H2,1H3. The largest absolute Gasteiger partial charge is 0.488 e. The number of methoxy groups -OCH3 is 1. The lowest BCUT2D eigenvalue weighted by molar-refractivity contribution is 0.0600. The number of nitrogens with zero attached hydrogens (tertiary/aromatic N) is 1. The van der Waals surface area contributed by atoms with Crippen molar-refractivity contribution in [3.63, 3.8) is 0 Å². The van der Waals surface area contributed by atoms with Crippen LogP contribution >= 0.6 is 11.3 Å². The van der Waals surface area contributed by atoms with Crippen LogP contribution in [-0.2, 0) is 9.47 Å². The molecule has 0 N–H and O–H groups in total. The Bertz CT molecular complexity index is 763. The Kier molecular flexibility index (Phi) is 4.72. The van der Waals surface area contributed by atoms with Crippen molar-refractivity contribution in [2.45, 2.75) is 37.7 Å². The molecule has 132 valence electrons. The van der Waals surface area contributed by atoms with Gasteiger partial charge in [-0.05, 0) is 37.0 Å². The molecule has 2 heterocycles. The first-order chi connectivity index (χ1) is 12.2. The molecule has 25 heavy (non-hydrogen) atoms. The fourth-order valence-electron chi connectivity index (χ4n) is 3.13. The molecule has 2 aliphatic rings. The van der Waals surface area contributed by atoms with Gasteiger partial charge in [-0.2, -0.15) is 0 Å². The third-order valence-corrected chi connectivity index (χ3v) is 6.01. The quantitative estimate of drug-likeness (QED) is 0.754. The van der Waals surface area contributed by atoms with Gasteiger partial charge in [-0.25, -0.2) is 9.78 Å². The first-order valence-corrected chi connectivity index (χ1v) is 9.48. The fraction of sp³-hybridized carbons (Fsp3) is 0.474. The van der Waals surface area contributed by atoms with Crippen molar-refractivity contribution in [2.24, 2.45) is 0 Å². The second-order valence-electron chi connectivity index (χ2n) is 6.54. The minimum atomic E-state index is -0.370. The van der Waals surface area contributed by atoms with E-state index in [2.05, 4.69) is 4.98 Å². The maximum atomic E-state index is 12.0. The van der Waals surface area contributed by atoms with Crippen molar-refractivity contribution in [1.82, 2.24) is 4.98 Å². The maximum absolute atomic E-state index is 12.0. The SMILES string of the molecule is COC(=O)c1cc(OC2CCOC2)cc(-c2ncc(C3CCC3)s2)c1. The van der Waals surface area contributed by atoms with Crippen molar-refractivity contribution in [3.05, 3.63) is 34.8 Å². The normalized spacial score (nSPS) is 20.3. The number of aromatic nitrogens is 1. The first-order valence-electron chi connectivity index (χ1n) is 8.67. The lowest BCUT2D eigenvalue weighted by Crippen LogP contribution is -2.16. The van der Waals surface area contributed by atoms with Crippen LogP contribution in [0.1, 0.15) is 46.8 Å². The van der Waals surface area contributed by atoms with Crippen molar-refractivity contribution in [1.29, 1.82) is 0 Å². The zero-order chi connectivity index (χ0) is 17.2. The van der Waals surface area contributed by atoms with Crippen LogP contribution < -0.4 is 4.74 Å². The van der Waals surface area contributed by atoms with Crippen LogP contribution in [0.4, 0.5) is 0 Å². The van der Waals surface area contributed by atoms with E-state index in [4.69, 9.17) is 14.2 Å². The van der Waals surface area contributed by atoms with Gasteiger partial charge in [0.15, 0.2) is 0 Å². The third kappa shape index (κ3) is 3.55. The molecule has 1 aromatic heterocycles. The summed E-state index contributed by atoms with van der Waals surface area (Å²) in [4.78, 5) is 17.9. The van der Waals surface area contributed by atoms with E-state index in [1.165, 1.54) is 31.2 Å². The van der Waals surface area contributed by atoms with Crippen LogP contribution in [0.5, 0.6) is 5.75 Å². The molecule has 0 bridgehead atoms. The summed E-state index contributed by atoms with van der Waals surface area (Å²) in [5, 5.41) is 0.917. The molecule has 1 aliphatic heterocycles. The van der Waals surface area contributed by atoms with E-state index in [-0.39, 0.29) is 12.1 Å². The molecule has 2 fully saturated rings. The second kappa shape index (κ2) is 7.14. The van der Waals surface area contributed by atoms with Crippen LogP contribution in [0.2, 0.25) is 0 Å². The van der Waals surface area contributed by atoms with Gasteiger partial charge < -0.3 is 14.2 Å². The number of carbonyl (C=O) groups excluding carboxylic acids is 1. The second-order valence-corrected chi connectivity index (χ2v) is 7.60. The number of ether oxygens (including phenoxy) is 3. The molecule has 1 unspecified atom stereocenters. The molecule has 6 heteroatoms. The van der Waals surface area contributed by atoms with E-state index in [0.717, 1.165) is 17.0 Å². The van der Waals surface area contributed by atoms with Crippen LogP contribution in [0.25, 0.3) is 10.6 Å². The summed E-state index contributed by atoms with van der Waals surface area (Å²) in [6.07, 6.45) is 6.67. The zero-order valence-electron chi connectivity index (χ0n) is 14.2. The lowest BCUT2D eigenvalue weighted by Gasteiger charge is -2.23. The van der Waals surface area contributed by atoms with Crippen molar-refractivity contribution >= 4 is 17.3 Å². The van der Waals surface area contributed by atoms with Crippen LogP contribution in [0, 0.1) is 0 Å². The summed E-state index contributed by atoms with van der Waals surface area (Å²) in [7, 11) is 1.39. The van der Waals surface area contributed by atoms with Gasteiger partial charge in [0.2, 0.25) is 0 Å². The van der Waals surface area contributed by atoms with Crippen LogP contribution in [0.3, 0.4) is 0 Å². The van der Waals surface area contributed by atoms with E-state index in [0.29, 0.717) is 30.4 Å². The summed E-state index contributed by atoms with van der Waals surface area (Å²) in [6, 6.07) is 5.51. The molecule has 0 spiro atoms. The van der Waals surface area contributed by atoms with Gasteiger partial charge in [0.05, 0.1) is 25.9 Å². The smallest absolute Gasteiger partial charge is 0.338 e. The minimum absolute atomic E-state index is 0.0302. The Morgan fingerprint density at radius 3 is 2.84 bits per heavy atom. The number of hydrogen-bond donors (Lipinski definition) is 0. The monoisotopic (exact) mass is 359 g/mol. The summed E-state index contributed by atoms with van der Waals surface area (Å²) >= 11 is 1.71. The van der Waals surface area contributed by atoms with E-state index in [1.807, 2.05) is 18.3 Å². The van der Waals surface area contributed by atoms with Gasteiger partial charge in [0, 0.05) is 23.1 Å². The van der Waals surface area contributed by atoms with Gasteiger partial charge in [0.25, 0.3) is 0 Å². The molecule has 1 aliphatic carbocycles. The number of benzene rings is 1. The zero-order valence-corrected chi connectivity index (χ0v) is 15.0. The Labute approximate surface area is 150 Å². The third-order valence-electron chi connectivity index (χ3n) is 4.80. The fourth-order valence-corrected chi connectivity index (χ4v) is 4.20. The van der Waals surface area contributed by atoms with Crippen LogP contribution in [-0.4, -0.2) is 37.4 Å². The van der Waals surface area contributed by atoms with Gasteiger partial charge in [-0.3, -0.25) is 0 Å². The number of rotatable bonds is 5. The number of hydrogen-bond acceptors (Lipinski definition) is 6. The summed E-state index contributed by atoms with van der Waals surface area (Å²) < 4.78 is 16.3. The summed E-state index contributed by atoms with van der Waals surface area (Å²) in [5.74, 6) is 0.945. The van der Waals surface area contributed by atoms with Gasteiger partial charge in [0.1, 0.15) is 16.9 Å². The Morgan fingerprint density at radius 1 is 1.28 bits per heavy atom. The predicted octanol–water partition coefficient (Wildman–Crippen LogP) is 4.03. The predicted molar refractivity (Wildman–Crippen MR) is 95.3 cm³/mol. The van der Waals surface area contributed by atoms with Crippen molar-refractivity contribution in [2.75, 3.05) is 20.3 Å². The topological polar surface area (TPSA) is 57.7 Å². The first kappa shape index (κ1) is 16.5. The van der Waals surface area contributed by atoms with Gasteiger partial charge in [-0.15, -0.1) is 11.3 Å². The number of esters is 1. The highest BCUT2D eigenvalue weighted by Crippen LogP contribution is 2.41. The molecular formula is C19H21NO4S. The number of carbonyl (C=O) groups is 1. The summed E-state index contributed by atoms with van der Waals surface area (Å²) in [6.45, 7) is 1.30. The lowest BCUT2D eigenvalue weighted by atomic mass is 9.85. The van der Waals surface area contributed by atoms with E-state index in [9.17, 15) is 4.79 Å². The van der Waals surface area contributed by atoms with E-state index < -0.39 is 0 Å². The number of thiazole rings is 1. The average molecular weight is 359 g/mol. The average Bonchev–Trinajstić information content (AvgIpc) is 3.24. The Balaban J connectivity index is 1.64. The molecule has 1 aromatic carbocycles. The minimum Gasteiger partial charge on any atom is -0.488 e. The Hall–Kier alpha value is -1.92. The highest BCUT2D eigenvalue weighted by Gasteiger charge is 2.23. The van der Waals surface area contributed by atoms with Crippen LogP contribution in [0.15, 0.2) is 24.4 Å². The van der Waals surface area contributed by atoms with E-state index in [1.54, 1.807) is 17.4 Å². The van der Waals surface area contributed by atoms with Crippen molar-refractivity contribution in [3.8, 4) is 16.3 Å². The molecule has 4 rings (SSSR count). The molecular weight excluding hydrogens is 338 g/mol. The highest BCUT2D eigenvalue weighted by atomic mass is 32.1. The van der Waals surface area contributed by atoms with E-state index >= 15 is 0 Å². The molecule has 5 nitrogen and oxygen atoms in total. The maximum Gasteiger partial charge on any atom is 0.338 e. The molecule has 0 amide bonds. The molecule has 1 saturated heterocycles. The van der Waals surface area contributed by atoms with Gasteiger partial charge in [-0.1, -0.05) is 6.42 Å². The molecule has 0 radical (unpaired) electrons. The van der Waals surface area contributed by atoms with Crippen molar-refractivity contribution < 1.29 is 19.0 Å². The molecule has 1 atom stereocenters.